The van der Waals surface area contributed by atoms with E-state index < -0.39 is 0 Å². The molecule has 1 heterocycles. The molecule has 0 saturated heterocycles. The molecule has 1 aliphatic rings. The highest BCUT2D eigenvalue weighted by Crippen LogP contribution is 2.24. The number of nitrogens with one attached hydrogen (secondary N) is 1. The largest absolute Gasteiger partial charge is 0.278 e. The lowest BCUT2D eigenvalue weighted by molar-refractivity contribution is 0.998. The van der Waals surface area contributed by atoms with Crippen LogP contribution in [0.5, 0.6) is 0 Å². The lowest BCUT2D eigenvalue weighted by Crippen LogP contribution is -2.24. The third kappa shape index (κ3) is 2.11. The topological polar surface area (TPSA) is 27.6 Å². The van der Waals surface area contributed by atoms with Crippen LogP contribution >= 0.6 is 0 Å². The molecule has 3 rings (SSSR count). The zero-order valence-corrected chi connectivity index (χ0v) is 9.82. The van der Waals surface area contributed by atoms with Gasteiger partial charge < -0.3 is 0 Å². The predicted molar refractivity (Wildman–Crippen MR) is 76.5 cm³/mol. The van der Waals surface area contributed by atoms with Crippen molar-refractivity contribution in [3.63, 3.8) is 0 Å². The lowest BCUT2D eigenvalue weighted by atomic mass is 10.1. The molecule has 0 bridgehead atoms. The molecule has 88 valence electrons. The van der Waals surface area contributed by atoms with Gasteiger partial charge in [-0.05, 0) is 24.3 Å². The molecule has 2 aromatic carbocycles. The first-order chi connectivity index (χ1) is 8.93. The number of benzene rings is 2. The third-order valence-electron chi connectivity index (χ3n) is 2.72. The Kier molecular flexibility index (Phi) is 2.80. The van der Waals surface area contributed by atoms with Crippen molar-refractivity contribution in [1.29, 1.82) is 0 Å². The average molecular weight is 235 g/mol. The molecule has 1 aliphatic heterocycles. The van der Waals surface area contributed by atoms with Crippen LogP contribution in [0.4, 0.5) is 11.4 Å². The minimum atomic E-state index is 1.01. The summed E-state index contributed by atoms with van der Waals surface area (Å²) in [6.07, 6.45) is 5.76. The van der Waals surface area contributed by atoms with Crippen molar-refractivity contribution >= 4 is 23.7 Å². The van der Waals surface area contributed by atoms with E-state index in [1.54, 1.807) is 11.3 Å². The van der Waals surface area contributed by atoms with Crippen molar-refractivity contribution in [2.45, 2.75) is 0 Å². The van der Waals surface area contributed by atoms with E-state index >= 15 is 0 Å². The molecule has 1 N–H and O–H groups in total. The molecule has 3 nitrogen and oxygen atoms in total. The number of hydrazone groups is 1. The number of allylic oxidation sites excluding steroid dienone is 1. The van der Waals surface area contributed by atoms with Gasteiger partial charge in [-0.2, -0.15) is 10.2 Å². The van der Waals surface area contributed by atoms with E-state index in [0.29, 0.717) is 0 Å². The second-order valence-electron chi connectivity index (χ2n) is 3.97. The number of para-hydroxylation sites is 2. The van der Waals surface area contributed by atoms with Gasteiger partial charge in [0.25, 0.3) is 0 Å². The molecule has 3 heteroatoms. The summed E-state index contributed by atoms with van der Waals surface area (Å²) in [7, 11) is 0. The van der Waals surface area contributed by atoms with Crippen LogP contribution < -0.4 is 10.5 Å². The first-order valence-corrected chi connectivity index (χ1v) is 5.85. The van der Waals surface area contributed by atoms with Gasteiger partial charge in [-0.3, -0.25) is 5.43 Å². The van der Waals surface area contributed by atoms with Crippen LogP contribution in [0.25, 0.3) is 6.08 Å². The Labute approximate surface area is 106 Å². The summed E-state index contributed by atoms with van der Waals surface area (Å²) in [6.45, 7) is 0. The molecular formula is C15H13N3. The van der Waals surface area contributed by atoms with Crippen molar-refractivity contribution in [2.24, 2.45) is 5.10 Å². The Bertz CT molecular complexity index is 588. The zero-order valence-electron chi connectivity index (χ0n) is 9.82. The highest BCUT2D eigenvalue weighted by Gasteiger charge is 2.09. The van der Waals surface area contributed by atoms with E-state index in [9.17, 15) is 0 Å². The average Bonchev–Trinajstić information content (AvgIpc) is 2.63. The van der Waals surface area contributed by atoms with Gasteiger partial charge in [0.15, 0.2) is 0 Å². The molecule has 0 aliphatic carbocycles. The van der Waals surface area contributed by atoms with E-state index in [1.165, 1.54) is 0 Å². The summed E-state index contributed by atoms with van der Waals surface area (Å²) in [5.74, 6) is 0. The van der Waals surface area contributed by atoms with E-state index in [4.69, 9.17) is 0 Å². The number of hydrogen-bond donors (Lipinski definition) is 1. The summed E-state index contributed by atoms with van der Waals surface area (Å²) in [5, 5.41) is 6.15. The van der Waals surface area contributed by atoms with Gasteiger partial charge in [-0.15, -0.1) is 0 Å². The van der Waals surface area contributed by atoms with Crippen LogP contribution in [0.2, 0.25) is 0 Å². The highest BCUT2D eigenvalue weighted by molar-refractivity contribution is 5.85. The van der Waals surface area contributed by atoms with Gasteiger partial charge >= 0.3 is 0 Å². The summed E-state index contributed by atoms with van der Waals surface area (Å²) in [5.41, 5.74) is 6.45. The second-order valence-corrected chi connectivity index (χ2v) is 3.97. The quantitative estimate of drug-likeness (QED) is 0.862. The number of hydrazine groups is 1. The fourth-order valence-corrected chi connectivity index (χ4v) is 1.86. The third-order valence-corrected chi connectivity index (χ3v) is 2.72. The molecule has 0 unspecified atom stereocenters. The van der Waals surface area contributed by atoms with Gasteiger partial charge in [0.2, 0.25) is 0 Å². The van der Waals surface area contributed by atoms with Crippen molar-refractivity contribution in [3.05, 3.63) is 66.2 Å². The molecule has 0 spiro atoms. The maximum absolute atomic E-state index is 4.37. The van der Waals surface area contributed by atoms with E-state index in [2.05, 4.69) is 16.6 Å². The lowest BCUT2D eigenvalue weighted by Gasteiger charge is -2.21. The molecule has 0 atom stereocenters. The van der Waals surface area contributed by atoms with Crippen LogP contribution in [0.3, 0.4) is 0 Å². The first-order valence-electron chi connectivity index (χ1n) is 5.85. The molecule has 2 aromatic rings. The number of hydrogen-bond acceptors (Lipinski definition) is 3. The molecular weight excluding hydrogens is 222 g/mol. The minimum Gasteiger partial charge on any atom is -0.278 e. The smallest absolute Gasteiger partial charge is 0.0906 e. The predicted octanol–water partition coefficient (Wildman–Crippen LogP) is 3.53. The van der Waals surface area contributed by atoms with Crippen LogP contribution in [-0.2, 0) is 0 Å². The molecule has 0 saturated carbocycles. The normalized spacial score (nSPS) is 13.0. The monoisotopic (exact) mass is 235 g/mol. The fraction of sp³-hybridized carbons (Fsp3) is 0. The summed E-state index contributed by atoms with van der Waals surface area (Å²) in [6, 6.07) is 18.1. The Balaban J connectivity index is 1.94. The second kappa shape index (κ2) is 4.75. The van der Waals surface area contributed by atoms with Crippen molar-refractivity contribution in [1.82, 2.24) is 0 Å². The first kappa shape index (κ1) is 10.6. The maximum Gasteiger partial charge on any atom is 0.0906 e. The summed E-state index contributed by atoms with van der Waals surface area (Å²) < 4.78 is 0. The standard InChI is InChI=1S/C15H13N3/c1-2-9-14(10-3-1)17-18-15-11-5-4-7-13(15)8-6-12-16-18/h1-12,17H. The van der Waals surface area contributed by atoms with Crippen LogP contribution in [-0.4, -0.2) is 6.21 Å². The Morgan fingerprint density at radius 1 is 0.889 bits per heavy atom. The van der Waals surface area contributed by atoms with Gasteiger partial charge in [0.1, 0.15) is 0 Å². The maximum atomic E-state index is 4.37. The van der Waals surface area contributed by atoms with E-state index in [1.807, 2.05) is 60.7 Å². The molecule has 0 fully saturated rings. The summed E-state index contributed by atoms with van der Waals surface area (Å²) in [4.78, 5) is 0. The Hall–Kier alpha value is -2.55. The van der Waals surface area contributed by atoms with Crippen molar-refractivity contribution in [3.8, 4) is 0 Å². The Morgan fingerprint density at radius 3 is 2.56 bits per heavy atom. The Morgan fingerprint density at radius 2 is 1.67 bits per heavy atom. The zero-order chi connectivity index (χ0) is 12.2. The minimum absolute atomic E-state index is 1.01. The van der Waals surface area contributed by atoms with E-state index in [-0.39, 0.29) is 0 Å². The van der Waals surface area contributed by atoms with Gasteiger partial charge in [0.05, 0.1) is 11.4 Å². The van der Waals surface area contributed by atoms with Gasteiger partial charge in [-0.1, -0.05) is 42.5 Å². The highest BCUT2D eigenvalue weighted by atomic mass is 15.7. The molecule has 0 aromatic heterocycles. The SMILES string of the molecule is C1=Cc2ccccc2N(Nc2ccccc2)N=C1. The van der Waals surface area contributed by atoms with Crippen molar-refractivity contribution in [2.75, 3.05) is 10.5 Å². The van der Waals surface area contributed by atoms with E-state index in [0.717, 1.165) is 16.9 Å². The van der Waals surface area contributed by atoms with Crippen molar-refractivity contribution < 1.29 is 0 Å². The number of nitrogens with zero attached hydrogens (tertiary/aromatic N) is 2. The summed E-state index contributed by atoms with van der Waals surface area (Å²) >= 11 is 0. The van der Waals surface area contributed by atoms with Crippen LogP contribution in [0.15, 0.2) is 65.8 Å². The molecule has 0 amide bonds. The van der Waals surface area contributed by atoms with Gasteiger partial charge in [-0.25, -0.2) is 0 Å². The number of anilines is 2. The van der Waals surface area contributed by atoms with Crippen LogP contribution in [0, 0.1) is 0 Å². The molecule has 0 radical (unpaired) electrons. The van der Waals surface area contributed by atoms with Crippen LogP contribution in [0.1, 0.15) is 5.56 Å². The number of fused-ring (bicyclic) bond motifs is 1. The fourth-order valence-electron chi connectivity index (χ4n) is 1.86. The molecule has 18 heavy (non-hydrogen) atoms. The number of rotatable bonds is 2. The van der Waals surface area contributed by atoms with Gasteiger partial charge in [0, 0.05) is 11.8 Å².